The first-order valence-corrected chi connectivity index (χ1v) is 8.38. The molecule has 1 saturated heterocycles. The van der Waals surface area contributed by atoms with Crippen LogP contribution >= 0.6 is 11.8 Å². The van der Waals surface area contributed by atoms with Crippen molar-refractivity contribution in [2.24, 2.45) is 5.73 Å². The molecule has 2 aromatic rings. The average Bonchev–Trinajstić information content (AvgIpc) is 2.48. The van der Waals surface area contributed by atoms with E-state index in [1.807, 2.05) is 37.7 Å². The first kappa shape index (κ1) is 14.5. The summed E-state index contributed by atoms with van der Waals surface area (Å²) in [5.41, 5.74) is 8.62. The van der Waals surface area contributed by atoms with Crippen LogP contribution in [0.3, 0.4) is 0 Å². The van der Waals surface area contributed by atoms with Crippen molar-refractivity contribution in [2.75, 3.05) is 29.5 Å². The molecular weight excluding hydrogens is 284 g/mol. The topological polar surface area (TPSA) is 59.5 Å². The number of hydrogen-bond donors (Lipinski definition) is 1. The lowest BCUT2D eigenvalue weighted by Crippen LogP contribution is -2.33. The Kier molecular flexibility index (Phi) is 3.95. The molecule has 0 radical (unpaired) electrons. The van der Waals surface area contributed by atoms with Gasteiger partial charge in [-0.05, 0) is 25.5 Å². The fourth-order valence-electron chi connectivity index (χ4n) is 2.70. The fourth-order valence-corrected chi connectivity index (χ4v) is 3.60. The van der Waals surface area contributed by atoms with Gasteiger partial charge in [-0.3, -0.25) is 4.79 Å². The van der Waals surface area contributed by atoms with Crippen LogP contribution in [0.4, 0.5) is 5.88 Å². The van der Waals surface area contributed by atoms with Gasteiger partial charge in [-0.15, -0.1) is 0 Å². The molecule has 21 heavy (non-hydrogen) atoms. The average molecular weight is 304 g/mol. The van der Waals surface area contributed by atoms with Crippen molar-refractivity contribution in [3.05, 3.63) is 39.5 Å². The summed E-state index contributed by atoms with van der Waals surface area (Å²) in [4.78, 5) is 14.6. The van der Waals surface area contributed by atoms with Gasteiger partial charge < -0.3 is 15.1 Å². The van der Waals surface area contributed by atoms with Crippen molar-refractivity contribution < 1.29 is 4.42 Å². The van der Waals surface area contributed by atoms with Gasteiger partial charge in [-0.1, -0.05) is 6.07 Å². The van der Waals surface area contributed by atoms with Crippen molar-refractivity contribution in [3.8, 4) is 0 Å². The van der Waals surface area contributed by atoms with Crippen LogP contribution in [0.1, 0.15) is 24.1 Å². The standard InChI is InChI=1S/C16H20N2O2S/c1-10-7-12(11(2)17)16-13(8-10)14(19)9-15(20-16)18-3-5-21-6-4-18/h7-9,11H,3-6,17H2,1-2H3/t11-/m1/s1. The second-order valence-corrected chi connectivity index (χ2v) is 6.79. The second kappa shape index (κ2) is 5.73. The summed E-state index contributed by atoms with van der Waals surface area (Å²) in [6.07, 6.45) is 0. The van der Waals surface area contributed by atoms with Gasteiger partial charge in [-0.25, -0.2) is 0 Å². The Morgan fingerprint density at radius 1 is 1.29 bits per heavy atom. The van der Waals surface area contributed by atoms with Crippen molar-refractivity contribution in [1.29, 1.82) is 0 Å². The van der Waals surface area contributed by atoms with E-state index in [4.69, 9.17) is 10.2 Å². The lowest BCUT2D eigenvalue weighted by Gasteiger charge is -2.27. The summed E-state index contributed by atoms with van der Waals surface area (Å²) in [6, 6.07) is 5.33. The Morgan fingerprint density at radius 3 is 2.67 bits per heavy atom. The predicted octanol–water partition coefficient (Wildman–Crippen LogP) is 2.67. The molecule has 2 N–H and O–H groups in total. The van der Waals surface area contributed by atoms with Crippen LogP contribution in [-0.4, -0.2) is 24.6 Å². The molecule has 112 valence electrons. The number of aryl methyl sites for hydroxylation is 1. The lowest BCUT2D eigenvalue weighted by molar-refractivity contribution is 0.570. The Bertz CT molecular complexity index is 718. The summed E-state index contributed by atoms with van der Waals surface area (Å²) in [5, 5.41) is 0.623. The molecule has 1 aromatic heterocycles. The summed E-state index contributed by atoms with van der Waals surface area (Å²) >= 11 is 1.93. The van der Waals surface area contributed by atoms with Crippen LogP contribution in [0.25, 0.3) is 11.0 Å². The molecule has 0 bridgehead atoms. The van der Waals surface area contributed by atoms with E-state index < -0.39 is 0 Å². The zero-order chi connectivity index (χ0) is 15.0. The summed E-state index contributed by atoms with van der Waals surface area (Å²) in [6.45, 7) is 5.72. The van der Waals surface area contributed by atoms with Crippen molar-refractivity contribution in [1.82, 2.24) is 0 Å². The minimum Gasteiger partial charge on any atom is -0.440 e. The lowest BCUT2D eigenvalue weighted by atomic mass is 10.0. The Hall–Kier alpha value is -1.46. The van der Waals surface area contributed by atoms with Crippen LogP contribution in [0.5, 0.6) is 0 Å². The number of nitrogens with two attached hydrogens (primary N) is 1. The quantitative estimate of drug-likeness (QED) is 0.924. The predicted molar refractivity (Wildman–Crippen MR) is 89.4 cm³/mol. The Morgan fingerprint density at radius 2 is 2.00 bits per heavy atom. The highest BCUT2D eigenvalue weighted by atomic mass is 32.2. The highest BCUT2D eigenvalue weighted by Crippen LogP contribution is 2.27. The molecule has 4 nitrogen and oxygen atoms in total. The van der Waals surface area contributed by atoms with Gasteiger partial charge in [-0.2, -0.15) is 11.8 Å². The van der Waals surface area contributed by atoms with E-state index in [0.29, 0.717) is 16.9 Å². The minimum atomic E-state index is -0.164. The number of nitrogens with zero attached hydrogens (tertiary/aromatic N) is 1. The molecule has 1 aliphatic heterocycles. The second-order valence-electron chi connectivity index (χ2n) is 5.57. The molecule has 1 aromatic carbocycles. The zero-order valence-corrected chi connectivity index (χ0v) is 13.2. The van der Waals surface area contributed by atoms with Gasteiger partial charge in [0.25, 0.3) is 0 Å². The fraction of sp³-hybridized carbons (Fsp3) is 0.438. The largest absolute Gasteiger partial charge is 0.440 e. The molecule has 0 spiro atoms. The van der Waals surface area contributed by atoms with E-state index in [0.717, 1.165) is 35.7 Å². The monoisotopic (exact) mass is 304 g/mol. The van der Waals surface area contributed by atoms with Gasteiger partial charge in [0.1, 0.15) is 5.58 Å². The molecule has 2 heterocycles. The smallest absolute Gasteiger partial charge is 0.200 e. The number of rotatable bonds is 2. The zero-order valence-electron chi connectivity index (χ0n) is 12.4. The summed E-state index contributed by atoms with van der Waals surface area (Å²) in [5.74, 6) is 2.80. The van der Waals surface area contributed by atoms with Crippen molar-refractivity contribution in [3.63, 3.8) is 0 Å². The van der Waals surface area contributed by atoms with Gasteiger partial charge in [0.2, 0.25) is 0 Å². The van der Waals surface area contributed by atoms with Crippen LogP contribution < -0.4 is 16.1 Å². The van der Waals surface area contributed by atoms with Gasteiger partial charge >= 0.3 is 0 Å². The van der Waals surface area contributed by atoms with Crippen molar-refractivity contribution in [2.45, 2.75) is 19.9 Å². The van der Waals surface area contributed by atoms with Crippen LogP contribution in [0.2, 0.25) is 0 Å². The normalized spacial score (nSPS) is 17.2. The number of anilines is 1. The molecule has 3 rings (SSSR count). The maximum atomic E-state index is 12.4. The Balaban J connectivity index is 2.19. The van der Waals surface area contributed by atoms with Gasteiger partial charge in [0, 0.05) is 42.3 Å². The molecule has 0 amide bonds. The third kappa shape index (κ3) is 2.80. The highest BCUT2D eigenvalue weighted by molar-refractivity contribution is 7.99. The van der Waals surface area contributed by atoms with E-state index in [-0.39, 0.29) is 11.5 Å². The molecule has 1 atom stereocenters. The molecule has 5 heteroatoms. The van der Waals surface area contributed by atoms with Crippen LogP contribution in [0.15, 0.2) is 27.4 Å². The Labute approximate surface area is 128 Å². The van der Waals surface area contributed by atoms with E-state index in [1.165, 1.54) is 0 Å². The van der Waals surface area contributed by atoms with E-state index >= 15 is 0 Å². The maximum Gasteiger partial charge on any atom is 0.200 e. The van der Waals surface area contributed by atoms with Crippen LogP contribution in [-0.2, 0) is 0 Å². The highest BCUT2D eigenvalue weighted by Gasteiger charge is 2.18. The third-order valence-corrected chi connectivity index (χ3v) is 4.74. The summed E-state index contributed by atoms with van der Waals surface area (Å²) in [7, 11) is 0. The minimum absolute atomic E-state index is 0.00933. The number of benzene rings is 1. The van der Waals surface area contributed by atoms with Gasteiger partial charge in [0.05, 0.1) is 5.39 Å². The van der Waals surface area contributed by atoms with E-state index in [1.54, 1.807) is 6.07 Å². The first-order chi connectivity index (χ1) is 10.1. The molecular formula is C16H20N2O2S. The first-order valence-electron chi connectivity index (χ1n) is 7.23. The SMILES string of the molecule is Cc1cc([C@@H](C)N)c2oc(N3CCSCC3)cc(=O)c2c1. The van der Waals surface area contributed by atoms with Crippen LogP contribution in [0, 0.1) is 6.92 Å². The number of thioether (sulfide) groups is 1. The molecule has 1 fully saturated rings. The van der Waals surface area contributed by atoms with E-state index in [2.05, 4.69) is 4.90 Å². The van der Waals surface area contributed by atoms with E-state index in [9.17, 15) is 4.79 Å². The molecule has 0 saturated carbocycles. The third-order valence-electron chi connectivity index (χ3n) is 3.80. The molecule has 0 unspecified atom stereocenters. The summed E-state index contributed by atoms with van der Waals surface area (Å²) < 4.78 is 6.07. The number of fused-ring (bicyclic) bond motifs is 1. The maximum absolute atomic E-state index is 12.4. The van der Waals surface area contributed by atoms with Gasteiger partial charge in [0.15, 0.2) is 11.3 Å². The van der Waals surface area contributed by atoms with Crippen molar-refractivity contribution >= 4 is 28.6 Å². The number of hydrogen-bond acceptors (Lipinski definition) is 5. The molecule has 1 aliphatic rings. The molecule has 0 aliphatic carbocycles.